The van der Waals surface area contributed by atoms with Crippen molar-refractivity contribution >= 4 is 34.8 Å². The van der Waals surface area contributed by atoms with Gasteiger partial charge in [0, 0.05) is 36.3 Å². The van der Waals surface area contributed by atoms with Crippen LogP contribution in [0.3, 0.4) is 0 Å². The van der Waals surface area contributed by atoms with Gasteiger partial charge in [0.1, 0.15) is 5.75 Å². The zero-order valence-corrected chi connectivity index (χ0v) is 20.1. The highest BCUT2D eigenvalue weighted by atomic mass is 32.1. The molecule has 0 spiro atoms. The Morgan fingerprint density at radius 1 is 0.914 bits per heavy atom. The molecule has 0 bridgehead atoms. The number of carbonyl (C=O) groups excluding carboxylic acids is 2. The molecule has 8 heteroatoms. The molecule has 3 aromatic carbocycles. The molecular weight excluding hydrogens is 462 g/mol. The minimum Gasteiger partial charge on any atom is -0.493 e. The molecule has 180 valence electrons. The minimum absolute atomic E-state index is 0.0593. The number of hydrogen-bond donors (Lipinski definition) is 2. The Bertz CT molecular complexity index is 1180. The molecule has 2 N–H and O–H groups in total. The van der Waals surface area contributed by atoms with Gasteiger partial charge in [-0.1, -0.05) is 42.5 Å². The van der Waals surface area contributed by atoms with E-state index in [2.05, 4.69) is 22.8 Å². The molecule has 4 rings (SSSR count). The van der Waals surface area contributed by atoms with Crippen LogP contribution in [0.15, 0.2) is 78.9 Å². The second-order valence-corrected chi connectivity index (χ2v) is 8.41. The molecule has 7 nitrogen and oxygen atoms in total. The molecule has 0 aromatic heterocycles. The van der Waals surface area contributed by atoms with Crippen molar-refractivity contribution in [2.75, 3.05) is 38.2 Å². The van der Waals surface area contributed by atoms with Crippen LogP contribution in [0.25, 0.3) is 0 Å². The summed E-state index contributed by atoms with van der Waals surface area (Å²) in [6.07, 6.45) is 0.776. The van der Waals surface area contributed by atoms with E-state index in [1.807, 2.05) is 24.3 Å². The first-order chi connectivity index (χ1) is 17.1. The monoisotopic (exact) mass is 489 g/mol. The molecule has 0 saturated carbocycles. The predicted octanol–water partition coefficient (Wildman–Crippen LogP) is 3.91. The summed E-state index contributed by atoms with van der Waals surface area (Å²) >= 11 is 5.32. The third kappa shape index (κ3) is 7.11. The van der Waals surface area contributed by atoms with E-state index in [4.69, 9.17) is 21.7 Å². The zero-order chi connectivity index (χ0) is 24.5. The average Bonchev–Trinajstić information content (AvgIpc) is 2.89. The molecule has 1 aliphatic rings. The molecule has 3 aromatic rings. The van der Waals surface area contributed by atoms with Crippen molar-refractivity contribution in [3.8, 4) is 5.75 Å². The number of benzene rings is 3. The Balaban J connectivity index is 1.30. The molecule has 0 aliphatic carbocycles. The van der Waals surface area contributed by atoms with E-state index in [0.29, 0.717) is 55.5 Å². The van der Waals surface area contributed by atoms with Gasteiger partial charge in [0.05, 0.1) is 19.8 Å². The number of nitrogens with zero attached hydrogens (tertiary/aromatic N) is 1. The lowest BCUT2D eigenvalue weighted by Gasteiger charge is -2.27. The Morgan fingerprint density at radius 2 is 1.66 bits per heavy atom. The number of anilines is 1. The van der Waals surface area contributed by atoms with Crippen molar-refractivity contribution in [2.45, 2.75) is 6.42 Å². The fraction of sp³-hybridized carbons (Fsp3) is 0.222. The molecule has 1 saturated heterocycles. The Labute approximate surface area is 210 Å². The van der Waals surface area contributed by atoms with Gasteiger partial charge in [-0.2, -0.15) is 0 Å². The molecule has 35 heavy (non-hydrogen) atoms. The molecule has 0 unspecified atom stereocenters. The fourth-order valence-corrected chi connectivity index (χ4v) is 3.89. The summed E-state index contributed by atoms with van der Waals surface area (Å²) in [4.78, 5) is 27.2. The normalized spacial score (nSPS) is 13.1. The summed E-state index contributed by atoms with van der Waals surface area (Å²) in [6.45, 7) is 2.73. The quantitative estimate of drug-likeness (QED) is 0.490. The Morgan fingerprint density at radius 3 is 2.46 bits per heavy atom. The summed E-state index contributed by atoms with van der Waals surface area (Å²) in [5.74, 6) is 0.203. The van der Waals surface area contributed by atoms with Crippen molar-refractivity contribution in [1.82, 2.24) is 10.2 Å². The van der Waals surface area contributed by atoms with Gasteiger partial charge >= 0.3 is 0 Å². The number of nitrogens with one attached hydrogen (secondary N) is 2. The molecule has 1 heterocycles. The number of rotatable bonds is 7. The van der Waals surface area contributed by atoms with E-state index < -0.39 is 0 Å². The summed E-state index contributed by atoms with van der Waals surface area (Å²) in [5.41, 5.74) is 2.79. The number of carbonyl (C=O) groups is 2. The molecule has 1 fully saturated rings. The number of morpholine rings is 1. The highest BCUT2D eigenvalue weighted by Gasteiger charge is 2.19. The third-order valence-electron chi connectivity index (χ3n) is 5.49. The average molecular weight is 490 g/mol. The first kappa shape index (κ1) is 24.4. The van der Waals surface area contributed by atoms with Gasteiger partial charge in [0.2, 0.25) is 0 Å². The number of hydrogen-bond acceptors (Lipinski definition) is 5. The van der Waals surface area contributed by atoms with Crippen LogP contribution in [0.1, 0.15) is 26.3 Å². The van der Waals surface area contributed by atoms with Crippen molar-refractivity contribution in [2.24, 2.45) is 0 Å². The largest absolute Gasteiger partial charge is 0.493 e. The van der Waals surface area contributed by atoms with Gasteiger partial charge in [-0.15, -0.1) is 0 Å². The minimum atomic E-state index is -0.350. The summed E-state index contributed by atoms with van der Waals surface area (Å²) in [7, 11) is 0. The van der Waals surface area contributed by atoms with Crippen molar-refractivity contribution < 1.29 is 19.1 Å². The highest BCUT2D eigenvalue weighted by Crippen LogP contribution is 2.16. The van der Waals surface area contributed by atoms with E-state index in [0.717, 1.165) is 6.42 Å². The van der Waals surface area contributed by atoms with Crippen molar-refractivity contribution in [3.05, 3.63) is 95.6 Å². The molecular formula is C27H27N3O4S. The van der Waals surface area contributed by atoms with Crippen LogP contribution in [-0.2, 0) is 11.2 Å². The number of amides is 2. The first-order valence-electron chi connectivity index (χ1n) is 11.4. The van der Waals surface area contributed by atoms with Gasteiger partial charge in [-0.05, 0) is 54.2 Å². The van der Waals surface area contributed by atoms with Gasteiger partial charge in [-0.25, -0.2) is 0 Å². The standard InChI is InChI=1S/C27H27N3O4S/c31-25(21-8-5-11-24(19-21)34-15-12-20-6-2-1-3-7-20)29-27(35)28-23-10-4-9-22(18-23)26(32)30-13-16-33-17-14-30/h1-11,18-19H,12-17H2,(H2,28,29,31,35). The van der Waals surface area contributed by atoms with Crippen molar-refractivity contribution in [1.29, 1.82) is 0 Å². The predicted molar refractivity (Wildman–Crippen MR) is 139 cm³/mol. The van der Waals surface area contributed by atoms with E-state index in [9.17, 15) is 9.59 Å². The van der Waals surface area contributed by atoms with E-state index >= 15 is 0 Å². The second-order valence-electron chi connectivity index (χ2n) is 8.01. The maximum absolute atomic E-state index is 12.7. The molecule has 1 aliphatic heterocycles. The molecule has 2 amide bonds. The smallest absolute Gasteiger partial charge is 0.257 e. The van der Waals surface area contributed by atoms with E-state index in [-0.39, 0.29) is 16.9 Å². The van der Waals surface area contributed by atoms with Crippen molar-refractivity contribution in [3.63, 3.8) is 0 Å². The summed E-state index contributed by atoms with van der Waals surface area (Å²) in [5, 5.41) is 5.80. The maximum Gasteiger partial charge on any atom is 0.257 e. The maximum atomic E-state index is 12.7. The van der Waals surface area contributed by atoms with Crippen LogP contribution >= 0.6 is 12.2 Å². The SMILES string of the molecule is O=C(NC(=S)Nc1cccc(C(=O)N2CCOCC2)c1)c1cccc(OCCc2ccccc2)c1. The van der Waals surface area contributed by atoms with Crippen LogP contribution in [0.4, 0.5) is 5.69 Å². The lowest BCUT2D eigenvalue weighted by molar-refractivity contribution is 0.0303. The van der Waals surface area contributed by atoms with Gasteiger partial charge in [0.25, 0.3) is 11.8 Å². The Hall–Kier alpha value is -3.75. The third-order valence-corrected chi connectivity index (χ3v) is 5.70. The van der Waals surface area contributed by atoms with E-state index in [1.165, 1.54) is 5.56 Å². The van der Waals surface area contributed by atoms with Crippen LogP contribution in [0.5, 0.6) is 5.75 Å². The topological polar surface area (TPSA) is 79.9 Å². The first-order valence-corrected chi connectivity index (χ1v) is 11.9. The van der Waals surface area contributed by atoms with Gasteiger partial charge < -0.3 is 19.7 Å². The zero-order valence-electron chi connectivity index (χ0n) is 19.2. The second kappa shape index (κ2) is 12.1. The lowest BCUT2D eigenvalue weighted by atomic mass is 10.1. The van der Waals surface area contributed by atoms with Crippen LogP contribution in [0.2, 0.25) is 0 Å². The van der Waals surface area contributed by atoms with Crippen LogP contribution in [-0.4, -0.2) is 54.7 Å². The van der Waals surface area contributed by atoms with E-state index in [1.54, 1.807) is 47.4 Å². The summed E-state index contributed by atoms with van der Waals surface area (Å²) in [6, 6.07) is 24.1. The van der Waals surface area contributed by atoms with Gasteiger partial charge in [0.15, 0.2) is 5.11 Å². The van der Waals surface area contributed by atoms with Crippen LogP contribution < -0.4 is 15.4 Å². The number of thiocarbonyl (C=S) groups is 1. The molecule has 0 radical (unpaired) electrons. The lowest BCUT2D eigenvalue weighted by Crippen LogP contribution is -2.40. The fourth-order valence-electron chi connectivity index (χ4n) is 3.68. The van der Waals surface area contributed by atoms with Gasteiger partial charge in [-0.3, -0.25) is 14.9 Å². The summed E-state index contributed by atoms with van der Waals surface area (Å²) < 4.78 is 11.1. The number of ether oxygens (including phenoxy) is 2. The van der Waals surface area contributed by atoms with Crippen LogP contribution in [0, 0.1) is 0 Å². The molecule has 0 atom stereocenters. The highest BCUT2D eigenvalue weighted by molar-refractivity contribution is 7.80. The Kier molecular flexibility index (Phi) is 8.43.